The minimum atomic E-state index is -0.692. The number of ether oxygens (including phenoxy) is 1. The molecular formula is C24H27N3O3. The van der Waals surface area contributed by atoms with E-state index in [1.54, 1.807) is 0 Å². The molecule has 1 saturated heterocycles. The van der Waals surface area contributed by atoms with Crippen LogP contribution in [-0.2, 0) is 14.9 Å². The molecule has 156 valence electrons. The fourth-order valence-electron chi connectivity index (χ4n) is 4.37. The third-order valence-electron chi connectivity index (χ3n) is 6.20. The van der Waals surface area contributed by atoms with E-state index in [1.165, 1.54) is 7.11 Å². The lowest BCUT2D eigenvalue weighted by Crippen LogP contribution is -2.49. The average molecular weight is 405 g/mol. The maximum atomic E-state index is 13.0. The molecule has 0 aromatic heterocycles. The van der Waals surface area contributed by atoms with Gasteiger partial charge in [0.1, 0.15) is 0 Å². The summed E-state index contributed by atoms with van der Waals surface area (Å²) in [5.41, 5.74) is 3.04. The zero-order valence-corrected chi connectivity index (χ0v) is 17.5. The molecule has 0 saturated carbocycles. The molecule has 2 aromatic rings. The predicted molar refractivity (Wildman–Crippen MR) is 117 cm³/mol. The Hall–Kier alpha value is -3.15. The summed E-state index contributed by atoms with van der Waals surface area (Å²) in [5.74, 6) is -0.235. The molecule has 0 unspecified atom stereocenters. The van der Waals surface area contributed by atoms with Crippen LogP contribution < -0.4 is 5.01 Å². The highest BCUT2D eigenvalue weighted by molar-refractivity contribution is 5.95. The van der Waals surface area contributed by atoms with Gasteiger partial charge in [-0.2, -0.15) is 5.10 Å². The van der Waals surface area contributed by atoms with E-state index in [-0.39, 0.29) is 11.9 Å². The summed E-state index contributed by atoms with van der Waals surface area (Å²) in [6, 6.07) is 17.4. The molecule has 0 radical (unpaired) electrons. The van der Waals surface area contributed by atoms with Crippen LogP contribution in [0.15, 0.2) is 59.7 Å². The van der Waals surface area contributed by atoms with Gasteiger partial charge in [0.15, 0.2) is 0 Å². The van der Waals surface area contributed by atoms with Crippen LogP contribution in [0.3, 0.4) is 0 Å². The Balaban J connectivity index is 1.46. The number of hydrogen-bond acceptors (Lipinski definition) is 5. The number of amides is 1. The number of carbonyl (C=O) groups excluding carboxylic acids is 2. The number of piperidine rings is 1. The van der Waals surface area contributed by atoms with Crippen molar-refractivity contribution in [3.63, 3.8) is 0 Å². The highest BCUT2D eigenvalue weighted by atomic mass is 16.5. The Morgan fingerprint density at radius 2 is 1.63 bits per heavy atom. The van der Waals surface area contributed by atoms with Crippen molar-refractivity contribution in [3.05, 3.63) is 65.7 Å². The lowest BCUT2D eigenvalue weighted by atomic mass is 9.72. The second kappa shape index (κ2) is 8.30. The van der Waals surface area contributed by atoms with Crippen molar-refractivity contribution < 1.29 is 14.3 Å². The first-order valence-corrected chi connectivity index (χ1v) is 10.4. The number of hydrogen-bond donors (Lipinski definition) is 0. The van der Waals surface area contributed by atoms with Gasteiger partial charge in [0.2, 0.25) is 0 Å². The maximum Gasteiger partial charge on any atom is 0.316 e. The second-order valence-corrected chi connectivity index (χ2v) is 7.99. The van der Waals surface area contributed by atoms with Crippen LogP contribution in [0.1, 0.15) is 42.1 Å². The number of nitrogens with zero attached hydrogens (tertiary/aromatic N) is 3. The van der Waals surface area contributed by atoms with Gasteiger partial charge in [-0.3, -0.25) is 14.6 Å². The van der Waals surface area contributed by atoms with E-state index in [1.807, 2.05) is 71.4 Å². The largest absolute Gasteiger partial charge is 0.468 e. The van der Waals surface area contributed by atoms with Crippen molar-refractivity contribution in [3.8, 4) is 0 Å². The van der Waals surface area contributed by atoms with Crippen molar-refractivity contribution in [1.82, 2.24) is 4.90 Å². The van der Waals surface area contributed by atoms with Crippen molar-refractivity contribution in [2.45, 2.75) is 31.6 Å². The zero-order valence-electron chi connectivity index (χ0n) is 17.5. The van der Waals surface area contributed by atoms with Crippen molar-refractivity contribution in [2.75, 3.05) is 31.8 Å². The average Bonchev–Trinajstić information content (AvgIpc) is 3.25. The third kappa shape index (κ3) is 3.70. The number of esters is 1. The summed E-state index contributed by atoms with van der Waals surface area (Å²) >= 11 is 0. The molecule has 1 fully saturated rings. The normalized spacial score (nSPS) is 18.1. The van der Waals surface area contributed by atoms with Gasteiger partial charge in [0, 0.05) is 37.3 Å². The topological polar surface area (TPSA) is 62.2 Å². The Morgan fingerprint density at radius 1 is 0.967 bits per heavy atom. The van der Waals surface area contributed by atoms with Gasteiger partial charge in [0.05, 0.1) is 18.2 Å². The summed E-state index contributed by atoms with van der Waals surface area (Å²) in [6.45, 7) is 3.93. The number of rotatable bonds is 4. The van der Waals surface area contributed by atoms with E-state index in [4.69, 9.17) is 4.74 Å². The van der Waals surface area contributed by atoms with Crippen LogP contribution in [0.4, 0.5) is 5.69 Å². The minimum absolute atomic E-state index is 0.00539. The zero-order chi connectivity index (χ0) is 21.1. The Morgan fingerprint density at radius 3 is 2.20 bits per heavy atom. The Labute approximate surface area is 177 Å². The van der Waals surface area contributed by atoms with Crippen molar-refractivity contribution >= 4 is 23.3 Å². The van der Waals surface area contributed by atoms with Gasteiger partial charge in [-0.1, -0.05) is 30.3 Å². The van der Waals surface area contributed by atoms with Crippen LogP contribution in [-0.4, -0.2) is 49.2 Å². The second-order valence-electron chi connectivity index (χ2n) is 7.99. The number of anilines is 1. The third-order valence-corrected chi connectivity index (χ3v) is 6.20. The SMILES string of the molecule is COC(=O)C1(c2ccccc2)CCN(C(=O)c2ccc(N3CCC(C)=N3)cc2)CC1. The quantitative estimate of drug-likeness (QED) is 0.729. The fraction of sp³-hybridized carbons (Fsp3) is 0.375. The molecule has 6 nitrogen and oxygen atoms in total. The number of methoxy groups -OCH3 is 1. The maximum absolute atomic E-state index is 13.0. The van der Waals surface area contributed by atoms with Gasteiger partial charge < -0.3 is 9.64 Å². The first-order chi connectivity index (χ1) is 14.5. The fourth-order valence-corrected chi connectivity index (χ4v) is 4.37. The summed E-state index contributed by atoms with van der Waals surface area (Å²) in [4.78, 5) is 27.6. The summed E-state index contributed by atoms with van der Waals surface area (Å²) in [6.07, 6.45) is 2.07. The van der Waals surface area contributed by atoms with Gasteiger partial charge in [-0.25, -0.2) is 0 Å². The number of hydrazone groups is 1. The summed E-state index contributed by atoms with van der Waals surface area (Å²) < 4.78 is 5.14. The first kappa shape index (κ1) is 20.1. The predicted octanol–water partition coefficient (Wildman–Crippen LogP) is 3.62. The number of benzene rings is 2. The molecule has 2 aromatic carbocycles. The van der Waals surface area contributed by atoms with Crippen LogP contribution in [0.2, 0.25) is 0 Å². The van der Waals surface area contributed by atoms with E-state index in [0.29, 0.717) is 31.5 Å². The van der Waals surface area contributed by atoms with Gasteiger partial charge in [-0.05, 0) is 49.6 Å². The molecule has 4 rings (SSSR count). The van der Waals surface area contributed by atoms with E-state index in [0.717, 1.165) is 29.9 Å². The van der Waals surface area contributed by atoms with Crippen LogP contribution in [0, 0.1) is 0 Å². The molecule has 2 aliphatic rings. The van der Waals surface area contributed by atoms with Gasteiger partial charge in [-0.15, -0.1) is 0 Å². The molecular weight excluding hydrogens is 378 g/mol. The van der Waals surface area contributed by atoms with Crippen molar-refractivity contribution in [2.24, 2.45) is 5.10 Å². The van der Waals surface area contributed by atoms with E-state index < -0.39 is 5.41 Å². The molecule has 2 aliphatic heterocycles. The molecule has 0 N–H and O–H groups in total. The molecule has 0 spiro atoms. The Bertz CT molecular complexity index is 945. The van der Waals surface area contributed by atoms with Gasteiger partial charge in [0.25, 0.3) is 5.91 Å². The molecule has 1 amide bonds. The minimum Gasteiger partial charge on any atom is -0.468 e. The van der Waals surface area contributed by atoms with Crippen LogP contribution >= 0.6 is 0 Å². The monoisotopic (exact) mass is 405 g/mol. The molecule has 6 heteroatoms. The van der Waals surface area contributed by atoms with Crippen LogP contribution in [0.5, 0.6) is 0 Å². The molecule has 0 bridgehead atoms. The highest BCUT2D eigenvalue weighted by Crippen LogP contribution is 2.37. The standard InChI is InChI=1S/C24H27N3O3/c1-18-12-15-27(25-18)21-10-8-19(9-11-21)22(28)26-16-13-24(14-17-26,23(29)30-2)20-6-4-3-5-7-20/h3-11H,12-17H2,1-2H3. The van der Waals surface area contributed by atoms with Crippen molar-refractivity contribution in [1.29, 1.82) is 0 Å². The highest BCUT2D eigenvalue weighted by Gasteiger charge is 2.44. The van der Waals surface area contributed by atoms with E-state index in [9.17, 15) is 9.59 Å². The van der Waals surface area contributed by atoms with E-state index in [2.05, 4.69) is 5.10 Å². The summed E-state index contributed by atoms with van der Waals surface area (Å²) in [7, 11) is 1.43. The van der Waals surface area contributed by atoms with E-state index >= 15 is 0 Å². The number of carbonyl (C=O) groups is 2. The lowest BCUT2D eigenvalue weighted by molar-refractivity contribution is -0.149. The summed E-state index contributed by atoms with van der Waals surface area (Å²) in [5, 5.41) is 6.47. The molecule has 2 heterocycles. The molecule has 0 aliphatic carbocycles. The van der Waals surface area contributed by atoms with Gasteiger partial charge >= 0.3 is 5.97 Å². The van der Waals surface area contributed by atoms with Crippen LogP contribution in [0.25, 0.3) is 0 Å². The molecule has 30 heavy (non-hydrogen) atoms. The number of likely N-dealkylation sites (tertiary alicyclic amines) is 1. The Kier molecular flexibility index (Phi) is 5.57. The molecule has 0 atom stereocenters. The lowest BCUT2D eigenvalue weighted by Gasteiger charge is -2.40. The first-order valence-electron chi connectivity index (χ1n) is 10.4. The smallest absolute Gasteiger partial charge is 0.316 e.